The first-order valence-electron chi connectivity index (χ1n) is 5.77. The Hall–Kier alpha value is -1.06. The molecule has 94 valence electrons. The minimum absolute atomic E-state index is 0.174. The second-order valence-corrected chi connectivity index (χ2v) is 4.85. The molecule has 0 aliphatic heterocycles. The number of carboxylic acid groups (broad SMARTS) is 1. The van der Waals surface area contributed by atoms with E-state index >= 15 is 0 Å². The molecule has 4 heteroatoms. The first kappa shape index (κ1) is 14.9. The van der Waals surface area contributed by atoms with Crippen LogP contribution in [0.25, 0.3) is 0 Å². The lowest BCUT2D eigenvalue weighted by Crippen LogP contribution is -2.55. The van der Waals surface area contributed by atoms with Crippen LogP contribution >= 0.6 is 0 Å². The molecule has 0 aromatic carbocycles. The molecule has 1 N–H and O–H groups in total. The largest absolute Gasteiger partial charge is 0.480 e. The Morgan fingerprint density at radius 1 is 1.38 bits per heavy atom. The lowest BCUT2D eigenvalue weighted by molar-refractivity contribution is -0.158. The van der Waals surface area contributed by atoms with Crippen molar-refractivity contribution in [1.82, 2.24) is 4.90 Å². The van der Waals surface area contributed by atoms with Gasteiger partial charge in [-0.1, -0.05) is 20.8 Å². The molecule has 4 nitrogen and oxygen atoms in total. The predicted octanol–water partition coefficient (Wildman–Crippen LogP) is 2.13. The maximum Gasteiger partial charge on any atom is 0.329 e. The van der Waals surface area contributed by atoms with Gasteiger partial charge in [0.15, 0.2) is 0 Å². The van der Waals surface area contributed by atoms with E-state index < -0.39 is 11.5 Å². The Labute approximate surface area is 97.6 Å². The Bertz CT molecular complexity index is 263. The summed E-state index contributed by atoms with van der Waals surface area (Å²) in [4.78, 5) is 24.4. The van der Waals surface area contributed by atoms with Gasteiger partial charge in [-0.2, -0.15) is 0 Å². The van der Waals surface area contributed by atoms with Gasteiger partial charge in [0.25, 0.3) is 0 Å². The van der Waals surface area contributed by atoms with Crippen molar-refractivity contribution < 1.29 is 14.7 Å². The summed E-state index contributed by atoms with van der Waals surface area (Å²) in [6.07, 6.45) is 1.24. The number of carbonyl (C=O) groups is 2. The minimum atomic E-state index is -1.09. The van der Waals surface area contributed by atoms with Gasteiger partial charge < -0.3 is 10.0 Å². The molecule has 0 aromatic heterocycles. The summed E-state index contributed by atoms with van der Waals surface area (Å²) in [7, 11) is 0. The molecule has 0 heterocycles. The van der Waals surface area contributed by atoms with E-state index in [0.717, 1.165) is 6.42 Å². The van der Waals surface area contributed by atoms with E-state index in [1.54, 1.807) is 6.92 Å². The van der Waals surface area contributed by atoms with Crippen LogP contribution in [0.4, 0.5) is 0 Å². The van der Waals surface area contributed by atoms with Crippen LogP contribution in [0, 0.1) is 5.92 Å². The molecule has 1 amide bonds. The fourth-order valence-corrected chi connectivity index (χ4v) is 2.08. The highest BCUT2D eigenvalue weighted by Crippen LogP contribution is 2.25. The summed E-state index contributed by atoms with van der Waals surface area (Å²) in [5, 5.41) is 9.33. The molecule has 0 aromatic rings. The second-order valence-electron chi connectivity index (χ2n) is 4.85. The van der Waals surface area contributed by atoms with Crippen LogP contribution in [0.1, 0.15) is 47.5 Å². The van der Waals surface area contributed by atoms with E-state index in [4.69, 9.17) is 0 Å². The topological polar surface area (TPSA) is 57.6 Å². The molecule has 0 aliphatic carbocycles. The molecule has 0 fully saturated rings. The van der Waals surface area contributed by atoms with E-state index in [-0.39, 0.29) is 11.8 Å². The van der Waals surface area contributed by atoms with Gasteiger partial charge in [0.2, 0.25) is 5.91 Å². The van der Waals surface area contributed by atoms with Gasteiger partial charge in [-0.15, -0.1) is 0 Å². The fraction of sp³-hybridized carbons (Fsp3) is 0.833. The zero-order valence-electron chi connectivity index (χ0n) is 10.9. The summed E-state index contributed by atoms with van der Waals surface area (Å²) in [6, 6.07) is 0. The normalized spacial score (nSPS) is 14.6. The average Bonchev–Trinajstić information content (AvgIpc) is 2.11. The Kier molecular flexibility index (Phi) is 5.48. The molecular weight excluding hydrogens is 206 g/mol. The van der Waals surface area contributed by atoms with E-state index in [1.165, 1.54) is 11.8 Å². The third-order valence-corrected chi connectivity index (χ3v) is 2.69. The maximum atomic E-state index is 11.5. The molecule has 0 radical (unpaired) electrons. The van der Waals surface area contributed by atoms with Crippen molar-refractivity contribution >= 4 is 11.9 Å². The van der Waals surface area contributed by atoms with Crippen LogP contribution in [-0.2, 0) is 9.59 Å². The molecule has 0 bridgehead atoms. The van der Waals surface area contributed by atoms with Gasteiger partial charge >= 0.3 is 5.97 Å². The lowest BCUT2D eigenvalue weighted by Gasteiger charge is -2.38. The number of amides is 1. The molecule has 16 heavy (non-hydrogen) atoms. The molecule has 0 saturated carbocycles. The third-order valence-electron chi connectivity index (χ3n) is 2.69. The summed E-state index contributed by atoms with van der Waals surface area (Å²) < 4.78 is 0. The number of hydrogen-bond donors (Lipinski definition) is 1. The molecule has 0 rings (SSSR count). The van der Waals surface area contributed by atoms with Crippen LogP contribution in [0.3, 0.4) is 0 Å². The van der Waals surface area contributed by atoms with Gasteiger partial charge in [0.1, 0.15) is 5.54 Å². The van der Waals surface area contributed by atoms with Crippen molar-refractivity contribution in [1.29, 1.82) is 0 Å². The van der Waals surface area contributed by atoms with E-state index in [9.17, 15) is 14.7 Å². The van der Waals surface area contributed by atoms with Crippen molar-refractivity contribution in [3.8, 4) is 0 Å². The number of carbonyl (C=O) groups excluding carboxylic acids is 1. The Balaban J connectivity index is 5.11. The smallest absolute Gasteiger partial charge is 0.329 e. The first-order chi connectivity index (χ1) is 7.25. The van der Waals surface area contributed by atoms with E-state index in [2.05, 4.69) is 0 Å². The van der Waals surface area contributed by atoms with Crippen molar-refractivity contribution in [3.63, 3.8) is 0 Å². The third kappa shape index (κ3) is 3.51. The van der Waals surface area contributed by atoms with Crippen molar-refractivity contribution in [2.75, 3.05) is 6.54 Å². The number of carboxylic acids is 1. The van der Waals surface area contributed by atoms with Gasteiger partial charge in [-0.3, -0.25) is 4.79 Å². The lowest BCUT2D eigenvalue weighted by atomic mass is 9.88. The van der Waals surface area contributed by atoms with Crippen molar-refractivity contribution in [2.24, 2.45) is 5.92 Å². The molecule has 0 aliphatic rings. The van der Waals surface area contributed by atoms with Gasteiger partial charge in [-0.25, -0.2) is 4.79 Å². The van der Waals surface area contributed by atoms with Crippen LogP contribution < -0.4 is 0 Å². The van der Waals surface area contributed by atoms with E-state index in [1.807, 2.05) is 20.8 Å². The zero-order chi connectivity index (χ0) is 12.9. The van der Waals surface area contributed by atoms with Crippen LogP contribution in [0.15, 0.2) is 0 Å². The maximum absolute atomic E-state index is 11.5. The summed E-state index contributed by atoms with van der Waals surface area (Å²) in [5.74, 6) is -0.864. The summed E-state index contributed by atoms with van der Waals surface area (Å²) >= 11 is 0. The number of aliphatic carboxylic acids is 1. The minimum Gasteiger partial charge on any atom is -0.480 e. The van der Waals surface area contributed by atoms with Crippen LogP contribution in [0.2, 0.25) is 0 Å². The van der Waals surface area contributed by atoms with Crippen LogP contribution in [0.5, 0.6) is 0 Å². The molecule has 1 unspecified atom stereocenters. The molecule has 1 atom stereocenters. The number of nitrogens with zero attached hydrogens (tertiary/aromatic N) is 1. The molecular formula is C12H23NO3. The SMILES string of the molecule is CCCN(C(C)=O)C(C)(CC(C)C)C(=O)O. The standard InChI is InChI=1S/C12H23NO3/c1-6-7-13(10(4)14)12(5,11(15)16)8-9(2)3/h9H,6-8H2,1-5H3,(H,15,16). The average molecular weight is 229 g/mol. The summed E-state index contributed by atoms with van der Waals surface area (Å²) in [5.41, 5.74) is -1.09. The molecule has 0 spiro atoms. The van der Waals surface area contributed by atoms with Gasteiger partial charge in [-0.05, 0) is 25.7 Å². The number of hydrogen-bond acceptors (Lipinski definition) is 2. The number of rotatable bonds is 6. The quantitative estimate of drug-likeness (QED) is 0.759. The zero-order valence-corrected chi connectivity index (χ0v) is 10.9. The highest BCUT2D eigenvalue weighted by molar-refractivity contribution is 5.85. The Morgan fingerprint density at radius 2 is 1.88 bits per heavy atom. The highest BCUT2D eigenvalue weighted by atomic mass is 16.4. The van der Waals surface area contributed by atoms with E-state index in [0.29, 0.717) is 13.0 Å². The first-order valence-corrected chi connectivity index (χ1v) is 5.77. The Morgan fingerprint density at radius 3 is 2.12 bits per heavy atom. The molecule has 0 saturated heterocycles. The summed E-state index contributed by atoms with van der Waals surface area (Å²) in [6.45, 7) is 9.42. The van der Waals surface area contributed by atoms with Crippen molar-refractivity contribution in [2.45, 2.75) is 53.0 Å². The van der Waals surface area contributed by atoms with Gasteiger partial charge in [0.05, 0.1) is 0 Å². The fourth-order valence-electron chi connectivity index (χ4n) is 2.08. The predicted molar refractivity (Wildman–Crippen MR) is 63.2 cm³/mol. The highest BCUT2D eigenvalue weighted by Gasteiger charge is 2.41. The van der Waals surface area contributed by atoms with Crippen LogP contribution in [-0.4, -0.2) is 34.0 Å². The second kappa shape index (κ2) is 5.87. The van der Waals surface area contributed by atoms with Crippen molar-refractivity contribution in [3.05, 3.63) is 0 Å². The van der Waals surface area contributed by atoms with Gasteiger partial charge in [0, 0.05) is 13.5 Å². The monoisotopic (exact) mass is 229 g/mol.